The summed E-state index contributed by atoms with van der Waals surface area (Å²) in [4.78, 5) is 15.1. The maximum Gasteiger partial charge on any atom is 0.335 e. The Morgan fingerprint density at radius 1 is 1.14 bits per heavy atom. The van der Waals surface area contributed by atoms with Crippen molar-refractivity contribution in [2.45, 2.75) is 32.4 Å². The third-order valence-corrected chi connectivity index (χ3v) is 5.01. The van der Waals surface area contributed by atoms with Gasteiger partial charge in [0.25, 0.3) is 0 Å². The first-order valence-corrected chi connectivity index (χ1v) is 9.68. The van der Waals surface area contributed by atoms with E-state index in [0.29, 0.717) is 12.1 Å². The van der Waals surface area contributed by atoms with Crippen molar-refractivity contribution in [1.82, 2.24) is 10.3 Å². The number of benzene rings is 2. The van der Waals surface area contributed by atoms with Crippen LogP contribution < -0.4 is 5.32 Å². The molecule has 2 atom stereocenters. The zero-order valence-electron chi connectivity index (χ0n) is 16.7. The number of aromatic nitrogens is 1. The quantitative estimate of drug-likeness (QED) is 0.541. The second-order valence-electron chi connectivity index (χ2n) is 7.35. The molecular weight excluding hydrogens is 364 g/mol. The van der Waals surface area contributed by atoms with E-state index in [0.717, 1.165) is 28.7 Å². The predicted octanol–water partition coefficient (Wildman–Crippen LogP) is 4.01. The van der Waals surface area contributed by atoms with Crippen molar-refractivity contribution < 1.29 is 15.0 Å². The molecule has 3 rings (SSSR count). The van der Waals surface area contributed by atoms with E-state index in [1.807, 2.05) is 25.1 Å². The third kappa shape index (κ3) is 5.50. The average Bonchev–Trinajstić information content (AvgIpc) is 2.73. The topological polar surface area (TPSA) is 82.5 Å². The van der Waals surface area contributed by atoms with Gasteiger partial charge in [-0.3, -0.25) is 4.98 Å². The molecular formula is C24H26N2O3. The normalized spacial score (nSPS) is 13.1. The van der Waals surface area contributed by atoms with Crippen molar-refractivity contribution >= 4 is 5.97 Å². The number of aryl methyl sites for hydroxylation is 1. The number of carbonyl (C=O) groups is 1. The van der Waals surface area contributed by atoms with Crippen LogP contribution in [0.15, 0.2) is 67.0 Å². The van der Waals surface area contributed by atoms with E-state index in [-0.39, 0.29) is 6.04 Å². The number of hydrogen-bond acceptors (Lipinski definition) is 4. The molecule has 5 heteroatoms. The maximum atomic E-state index is 11.1. The summed E-state index contributed by atoms with van der Waals surface area (Å²) in [6, 6.07) is 17.4. The van der Waals surface area contributed by atoms with E-state index >= 15 is 0 Å². The van der Waals surface area contributed by atoms with Gasteiger partial charge in [0.15, 0.2) is 0 Å². The van der Waals surface area contributed by atoms with Gasteiger partial charge in [-0.05, 0) is 60.7 Å². The fourth-order valence-corrected chi connectivity index (χ4v) is 3.37. The molecule has 29 heavy (non-hydrogen) atoms. The minimum absolute atomic E-state index is 0.212. The number of carboxylic acids is 1. The lowest BCUT2D eigenvalue weighted by atomic mass is 9.96. The van der Waals surface area contributed by atoms with E-state index in [1.54, 1.807) is 24.5 Å². The summed E-state index contributed by atoms with van der Waals surface area (Å²) < 4.78 is 0. The fourth-order valence-electron chi connectivity index (χ4n) is 3.37. The number of aliphatic hydroxyl groups is 1. The summed E-state index contributed by atoms with van der Waals surface area (Å²) in [5, 5.41) is 22.7. The van der Waals surface area contributed by atoms with Crippen LogP contribution in [0.3, 0.4) is 0 Å². The fraction of sp³-hybridized carbons (Fsp3) is 0.250. The largest absolute Gasteiger partial charge is 0.478 e. The van der Waals surface area contributed by atoms with Crippen molar-refractivity contribution in [3.8, 4) is 11.1 Å². The van der Waals surface area contributed by atoms with Crippen LogP contribution in [0.2, 0.25) is 0 Å². The van der Waals surface area contributed by atoms with Crippen molar-refractivity contribution in [2.24, 2.45) is 0 Å². The summed E-state index contributed by atoms with van der Waals surface area (Å²) in [5.74, 6) is -0.912. The molecule has 0 spiro atoms. The Morgan fingerprint density at radius 3 is 2.52 bits per heavy atom. The number of hydrogen-bond donors (Lipinski definition) is 3. The van der Waals surface area contributed by atoms with E-state index in [4.69, 9.17) is 5.11 Å². The van der Waals surface area contributed by atoms with E-state index in [2.05, 4.69) is 41.5 Å². The van der Waals surface area contributed by atoms with E-state index < -0.39 is 12.1 Å². The molecule has 0 bridgehead atoms. The summed E-state index contributed by atoms with van der Waals surface area (Å²) in [7, 11) is 0. The maximum absolute atomic E-state index is 11.1. The molecule has 1 aromatic heterocycles. The number of pyridine rings is 1. The molecule has 2 aromatic carbocycles. The van der Waals surface area contributed by atoms with Gasteiger partial charge in [-0.25, -0.2) is 4.79 Å². The summed E-state index contributed by atoms with van der Waals surface area (Å²) >= 11 is 0. The molecule has 5 nitrogen and oxygen atoms in total. The van der Waals surface area contributed by atoms with Crippen LogP contribution in [0.1, 0.15) is 40.1 Å². The second kappa shape index (κ2) is 9.45. The van der Waals surface area contributed by atoms with E-state index in [1.165, 1.54) is 5.56 Å². The lowest BCUT2D eigenvalue weighted by Crippen LogP contribution is -2.32. The Morgan fingerprint density at radius 2 is 1.90 bits per heavy atom. The zero-order valence-corrected chi connectivity index (χ0v) is 16.7. The van der Waals surface area contributed by atoms with E-state index in [9.17, 15) is 9.90 Å². The van der Waals surface area contributed by atoms with Gasteiger partial charge in [-0.15, -0.1) is 0 Å². The summed E-state index contributed by atoms with van der Waals surface area (Å²) in [6.45, 7) is 4.49. The number of nitrogens with one attached hydrogen (secondary N) is 1. The lowest BCUT2D eigenvalue weighted by molar-refractivity contribution is 0.0697. The lowest BCUT2D eigenvalue weighted by Gasteiger charge is -2.17. The number of carboxylic acid groups (broad SMARTS) is 1. The van der Waals surface area contributed by atoms with Crippen LogP contribution in [0, 0.1) is 6.92 Å². The van der Waals surface area contributed by atoms with Gasteiger partial charge >= 0.3 is 5.97 Å². The van der Waals surface area contributed by atoms with Crippen LogP contribution in [0.4, 0.5) is 0 Å². The Bertz CT molecular complexity index is 956. The minimum Gasteiger partial charge on any atom is -0.478 e. The van der Waals surface area contributed by atoms with Crippen molar-refractivity contribution in [2.75, 3.05) is 6.54 Å². The molecule has 0 aliphatic rings. The molecule has 0 amide bonds. The number of aromatic carboxylic acids is 1. The van der Waals surface area contributed by atoms with Crippen molar-refractivity contribution in [3.63, 3.8) is 0 Å². The van der Waals surface area contributed by atoms with Crippen LogP contribution in [-0.2, 0) is 6.42 Å². The Hall–Kier alpha value is -3.02. The number of nitrogens with zero attached hydrogens (tertiary/aromatic N) is 1. The first kappa shape index (κ1) is 20.7. The summed E-state index contributed by atoms with van der Waals surface area (Å²) in [5.41, 5.74) is 5.35. The van der Waals surface area contributed by atoms with Crippen molar-refractivity contribution in [3.05, 3.63) is 89.2 Å². The highest BCUT2D eigenvalue weighted by atomic mass is 16.4. The molecule has 0 saturated carbocycles. The molecule has 0 aliphatic carbocycles. The minimum atomic E-state index is -0.912. The number of rotatable bonds is 8. The second-order valence-corrected chi connectivity index (χ2v) is 7.35. The monoisotopic (exact) mass is 390 g/mol. The van der Waals surface area contributed by atoms with Gasteiger partial charge in [0, 0.05) is 30.5 Å². The Labute approximate surface area is 171 Å². The third-order valence-electron chi connectivity index (χ3n) is 5.01. The van der Waals surface area contributed by atoms with Gasteiger partial charge in [0.05, 0.1) is 11.7 Å². The highest BCUT2D eigenvalue weighted by molar-refractivity contribution is 5.89. The molecule has 3 aromatic rings. The smallest absolute Gasteiger partial charge is 0.335 e. The van der Waals surface area contributed by atoms with Gasteiger partial charge in [0.1, 0.15) is 0 Å². The standard InChI is InChI=1S/C24H26N2O3/c1-16-12-20(24(28)29)9-10-22(16)19-7-5-18(6-8-19)13-17(2)26-15-23(27)21-4-3-11-25-14-21/h3-12,14,17,23,26-27H,13,15H2,1-2H3,(H,28,29)/t17-,23+/m1/s1. The van der Waals surface area contributed by atoms with Gasteiger partial charge in [-0.2, -0.15) is 0 Å². The summed E-state index contributed by atoms with van der Waals surface area (Å²) in [6.07, 6.45) is 3.64. The predicted molar refractivity (Wildman–Crippen MR) is 114 cm³/mol. The molecule has 0 fully saturated rings. The molecule has 1 heterocycles. The zero-order chi connectivity index (χ0) is 20.8. The van der Waals surface area contributed by atoms with Crippen LogP contribution in [0.5, 0.6) is 0 Å². The van der Waals surface area contributed by atoms with Crippen LogP contribution in [-0.4, -0.2) is 33.8 Å². The molecule has 0 saturated heterocycles. The molecule has 0 aliphatic heterocycles. The first-order chi connectivity index (χ1) is 13.9. The van der Waals surface area contributed by atoms with Crippen LogP contribution >= 0.6 is 0 Å². The van der Waals surface area contributed by atoms with Gasteiger partial charge < -0.3 is 15.5 Å². The van der Waals surface area contributed by atoms with Gasteiger partial charge in [0.2, 0.25) is 0 Å². The molecule has 0 unspecified atom stereocenters. The average molecular weight is 390 g/mol. The molecule has 150 valence electrons. The molecule has 0 radical (unpaired) electrons. The molecule has 3 N–H and O–H groups in total. The SMILES string of the molecule is Cc1cc(C(=O)O)ccc1-c1ccc(C[C@@H](C)NC[C@H](O)c2cccnc2)cc1. The highest BCUT2D eigenvalue weighted by Gasteiger charge is 2.11. The number of aliphatic hydroxyl groups excluding tert-OH is 1. The highest BCUT2D eigenvalue weighted by Crippen LogP contribution is 2.25. The Kier molecular flexibility index (Phi) is 6.75. The van der Waals surface area contributed by atoms with Crippen LogP contribution in [0.25, 0.3) is 11.1 Å². The Balaban J connectivity index is 1.58. The van der Waals surface area contributed by atoms with Crippen molar-refractivity contribution in [1.29, 1.82) is 0 Å². The first-order valence-electron chi connectivity index (χ1n) is 9.68. The van der Waals surface area contributed by atoms with Gasteiger partial charge in [-0.1, -0.05) is 36.4 Å².